The van der Waals surface area contributed by atoms with Gasteiger partial charge in [-0.25, -0.2) is 0 Å². The average Bonchev–Trinajstić information content (AvgIpc) is 1.35. The predicted octanol–water partition coefficient (Wildman–Crippen LogP) is 1.02. The third-order valence-electron chi connectivity index (χ3n) is 0.243. The fraction of sp³-hybridized carbons (Fsp3) is 0.500. The van der Waals surface area contributed by atoms with Crippen molar-refractivity contribution in [3.63, 3.8) is 0 Å². The molecule has 0 saturated carbocycles. The molecule has 0 heterocycles. The van der Waals surface area contributed by atoms with Gasteiger partial charge in [0.2, 0.25) is 0 Å². The Morgan fingerprint density at radius 3 is 2.00 bits per heavy atom. The fourth-order valence-corrected chi connectivity index (χ4v) is 0.694. The maximum Gasteiger partial charge on any atom is 0.168 e. The highest BCUT2D eigenvalue weighted by Gasteiger charge is 1.89. The predicted molar refractivity (Wildman–Crippen MR) is 32.8 cm³/mol. The van der Waals surface area contributed by atoms with Gasteiger partial charge in [0.15, 0.2) is 5.25 Å². The maximum absolute atomic E-state index is 5.04. The average molecular weight is 122 g/mol. The van der Waals surface area contributed by atoms with Crippen LogP contribution in [0.4, 0.5) is 0 Å². The van der Waals surface area contributed by atoms with E-state index in [1.54, 1.807) is 0 Å². The summed E-state index contributed by atoms with van der Waals surface area (Å²) in [6.07, 6.45) is 4.05. The second kappa shape index (κ2) is 3.39. The Morgan fingerprint density at radius 2 is 2.00 bits per heavy atom. The Hall–Kier alpha value is 0.200. The molecule has 2 heteroatoms. The molecule has 6 heavy (non-hydrogen) atoms. The van der Waals surface area contributed by atoms with Crippen molar-refractivity contribution in [2.45, 2.75) is 0 Å². The molecular formula is C4H6ClS+. The van der Waals surface area contributed by atoms with Gasteiger partial charge in [0.25, 0.3) is 0 Å². The minimum Gasteiger partial charge on any atom is -0.0181 e. The van der Waals surface area contributed by atoms with Crippen LogP contribution in [0.3, 0.4) is 0 Å². The van der Waals surface area contributed by atoms with Crippen molar-refractivity contribution in [3.8, 4) is 10.6 Å². The zero-order chi connectivity index (χ0) is 4.99. The number of hydrogen-bond donors (Lipinski definition) is 0. The van der Waals surface area contributed by atoms with E-state index in [1.807, 2.05) is 12.5 Å². The molecule has 0 aliphatic rings. The van der Waals surface area contributed by atoms with Crippen molar-refractivity contribution >= 4 is 22.5 Å². The summed E-state index contributed by atoms with van der Waals surface area (Å²) in [5, 5.41) is 5.05. The summed E-state index contributed by atoms with van der Waals surface area (Å²) in [4.78, 5) is 0. The summed E-state index contributed by atoms with van der Waals surface area (Å²) in [6, 6.07) is 0. The molecule has 0 aromatic heterocycles. The first-order valence-corrected chi connectivity index (χ1v) is 3.88. The van der Waals surface area contributed by atoms with Crippen molar-refractivity contribution in [2.24, 2.45) is 0 Å². The summed E-state index contributed by atoms with van der Waals surface area (Å²) < 4.78 is 0. The lowest BCUT2D eigenvalue weighted by Gasteiger charge is -1.68. The van der Waals surface area contributed by atoms with Gasteiger partial charge in [-0.05, 0) is 11.6 Å². The molecule has 0 saturated heterocycles. The van der Waals surface area contributed by atoms with Crippen LogP contribution in [0.1, 0.15) is 0 Å². The lowest BCUT2D eigenvalue weighted by atomic mass is 11.4. The lowest BCUT2D eigenvalue weighted by Crippen LogP contribution is -1.84. The Kier molecular flexibility index (Phi) is 3.51. The van der Waals surface area contributed by atoms with E-state index in [1.165, 1.54) is 0 Å². The molecule has 0 fully saturated rings. The van der Waals surface area contributed by atoms with E-state index < -0.39 is 0 Å². The van der Waals surface area contributed by atoms with Gasteiger partial charge >= 0.3 is 0 Å². The molecule has 0 aliphatic carbocycles. The Bertz CT molecular complexity index is 77.3. The molecule has 34 valence electrons. The molecule has 0 spiro atoms. The summed E-state index contributed by atoms with van der Waals surface area (Å²) >= 11 is 5.04. The van der Waals surface area contributed by atoms with E-state index in [-0.39, 0.29) is 10.9 Å². The minimum atomic E-state index is 0.191. The topological polar surface area (TPSA) is 0 Å². The smallest absolute Gasteiger partial charge is 0.0181 e. The van der Waals surface area contributed by atoms with Crippen LogP contribution in [0, 0.1) is 10.6 Å². The van der Waals surface area contributed by atoms with Crippen LogP contribution in [0.15, 0.2) is 0 Å². The van der Waals surface area contributed by atoms with Crippen LogP contribution in [0.2, 0.25) is 0 Å². The van der Waals surface area contributed by atoms with E-state index in [0.717, 1.165) is 0 Å². The Balaban J connectivity index is 3.20. The monoisotopic (exact) mass is 121 g/mol. The first-order valence-electron chi connectivity index (χ1n) is 1.46. The molecule has 0 aromatic rings. The number of halogens is 1. The normalized spacial score (nSPS) is 7.33. The maximum atomic E-state index is 5.04. The highest BCUT2D eigenvalue weighted by atomic mass is 35.5. The van der Waals surface area contributed by atoms with Gasteiger partial charge in [0.05, 0.1) is 16.3 Å². The van der Waals surface area contributed by atoms with Crippen molar-refractivity contribution < 1.29 is 0 Å². The third-order valence-corrected chi connectivity index (χ3v) is 0.960. The highest BCUT2D eigenvalue weighted by molar-refractivity contribution is 8.00. The lowest BCUT2D eigenvalue weighted by molar-refractivity contribution is 2.29. The van der Waals surface area contributed by atoms with E-state index in [2.05, 4.69) is 10.6 Å². The largest absolute Gasteiger partial charge is 0.168 e. The molecule has 0 aromatic carbocycles. The summed E-state index contributed by atoms with van der Waals surface area (Å²) in [5.41, 5.74) is 0. The van der Waals surface area contributed by atoms with Crippen LogP contribution in [0.25, 0.3) is 0 Å². The Labute approximate surface area is 46.2 Å². The van der Waals surface area contributed by atoms with Crippen LogP contribution in [0.5, 0.6) is 0 Å². The first-order chi connectivity index (χ1) is 2.77. The molecule has 0 unspecified atom stereocenters. The standard InChI is InChI=1S/C4H6ClS/c1-6(2)4-3-5/h1-2H3/q+1. The quantitative estimate of drug-likeness (QED) is 0.332. The zero-order valence-electron chi connectivity index (χ0n) is 3.79. The van der Waals surface area contributed by atoms with E-state index in [4.69, 9.17) is 11.6 Å². The molecule has 0 N–H and O–H groups in total. The number of rotatable bonds is 0. The SMILES string of the molecule is C[S+](C)C#CCl. The fourth-order valence-electron chi connectivity index (χ4n) is 0.0772. The molecule has 0 nitrogen and oxygen atoms in total. The van der Waals surface area contributed by atoms with Crippen molar-refractivity contribution in [1.29, 1.82) is 0 Å². The second-order valence-electron chi connectivity index (χ2n) is 1.01. The summed E-state index contributed by atoms with van der Waals surface area (Å²) in [7, 11) is 0.191. The molecular weight excluding hydrogens is 116 g/mol. The molecule has 0 radical (unpaired) electrons. The van der Waals surface area contributed by atoms with Crippen LogP contribution in [-0.4, -0.2) is 12.5 Å². The number of hydrogen-bond acceptors (Lipinski definition) is 0. The van der Waals surface area contributed by atoms with Crippen LogP contribution < -0.4 is 0 Å². The highest BCUT2D eigenvalue weighted by Crippen LogP contribution is 1.76. The van der Waals surface area contributed by atoms with Crippen LogP contribution in [-0.2, 0) is 10.9 Å². The third kappa shape index (κ3) is 4.20. The van der Waals surface area contributed by atoms with Gasteiger partial charge in [0, 0.05) is 0 Å². The van der Waals surface area contributed by atoms with Crippen molar-refractivity contribution in [1.82, 2.24) is 0 Å². The minimum absolute atomic E-state index is 0.191. The molecule has 0 bridgehead atoms. The second-order valence-corrected chi connectivity index (χ2v) is 3.04. The summed E-state index contributed by atoms with van der Waals surface area (Å²) in [6.45, 7) is 0. The molecule has 0 atom stereocenters. The van der Waals surface area contributed by atoms with Gasteiger partial charge in [-0.3, -0.25) is 0 Å². The van der Waals surface area contributed by atoms with Gasteiger partial charge < -0.3 is 0 Å². The first kappa shape index (κ1) is 6.20. The molecule has 0 amide bonds. The molecule has 0 rings (SSSR count). The summed E-state index contributed by atoms with van der Waals surface area (Å²) in [5.74, 6) is 0. The van der Waals surface area contributed by atoms with E-state index in [9.17, 15) is 0 Å². The zero-order valence-corrected chi connectivity index (χ0v) is 5.36. The van der Waals surface area contributed by atoms with Gasteiger partial charge in [-0.15, -0.1) is 0 Å². The van der Waals surface area contributed by atoms with Crippen molar-refractivity contribution in [3.05, 3.63) is 0 Å². The van der Waals surface area contributed by atoms with Gasteiger partial charge in [-0.1, -0.05) is 0 Å². The van der Waals surface area contributed by atoms with Crippen molar-refractivity contribution in [2.75, 3.05) is 12.5 Å². The van der Waals surface area contributed by atoms with Gasteiger partial charge in [0.1, 0.15) is 12.5 Å². The molecule has 0 aliphatic heterocycles. The van der Waals surface area contributed by atoms with Crippen LogP contribution >= 0.6 is 11.6 Å². The van der Waals surface area contributed by atoms with E-state index in [0.29, 0.717) is 0 Å². The van der Waals surface area contributed by atoms with Gasteiger partial charge in [-0.2, -0.15) is 0 Å². The Morgan fingerprint density at radius 1 is 1.50 bits per heavy atom. The van der Waals surface area contributed by atoms with E-state index >= 15 is 0 Å².